The van der Waals surface area contributed by atoms with Gasteiger partial charge in [-0.3, -0.25) is 4.98 Å². The summed E-state index contributed by atoms with van der Waals surface area (Å²) >= 11 is 0. The summed E-state index contributed by atoms with van der Waals surface area (Å²) in [5, 5.41) is 0. The van der Waals surface area contributed by atoms with Gasteiger partial charge >= 0.3 is 0 Å². The first-order chi connectivity index (χ1) is 15.8. The Kier molecular flexibility index (Phi) is 13.6. The number of pyridine rings is 1. The summed E-state index contributed by atoms with van der Waals surface area (Å²) in [5.41, 5.74) is 2.14. The minimum Gasteiger partial charge on any atom is -0.493 e. The summed E-state index contributed by atoms with van der Waals surface area (Å²) in [4.78, 5) is 4.30. The molecule has 0 aliphatic heterocycles. The molecule has 0 spiro atoms. The standard InChI is InChI=1S/C29H45NO2/c1-4-6-7-8-9-10-11-12-13-16-22-31-29-24-30-21-19-27(29)26-17-14-15-18-28(26)32-23-20-25(3)5-2/h14-15,17-19,21,24-25H,4-13,16,20,22-23H2,1-3H3. The highest BCUT2D eigenvalue weighted by molar-refractivity contribution is 5.75. The minimum absolute atomic E-state index is 0.683. The molecule has 178 valence electrons. The zero-order chi connectivity index (χ0) is 22.9. The van der Waals surface area contributed by atoms with Crippen LogP contribution in [0, 0.1) is 5.92 Å². The third-order valence-corrected chi connectivity index (χ3v) is 6.28. The SMILES string of the molecule is CCCCCCCCCCCCOc1cnccc1-c1ccccc1OCCC(C)CC. The lowest BCUT2D eigenvalue weighted by Crippen LogP contribution is -2.04. The molecule has 3 nitrogen and oxygen atoms in total. The molecule has 2 aromatic rings. The van der Waals surface area contributed by atoms with Gasteiger partial charge in [0.15, 0.2) is 0 Å². The van der Waals surface area contributed by atoms with E-state index in [-0.39, 0.29) is 0 Å². The maximum atomic E-state index is 6.16. The van der Waals surface area contributed by atoms with E-state index in [1.807, 2.05) is 24.5 Å². The van der Waals surface area contributed by atoms with Crippen molar-refractivity contribution in [2.45, 2.75) is 97.8 Å². The van der Waals surface area contributed by atoms with Crippen molar-refractivity contribution in [2.24, 2.45) is 5.92 Å². The second-order valence-corrected chi connectivity index (χ2v) is 9.05. The van der Waals surface area contributed by atoms with Crippen LogP contribution in [0.4, 0.5) is 0 Å². The Balaban J connectivity index is 1.78. The highest BCUT2D eigenvalue weighted by Gasteiger charge is 2.12. The smallest absolute Gasteiger partial charge is 0.145 e. The molecule has 0 amide bonds. The number of ether oxygens (including phenoxy) is 2. The van der Waals surface area contributed by atoms with Crippen LogP contribution in [0.3, 0.4) is 0 Å². The number of aromatic nitrogens is 1. The van der Waals surface area contributed by atoms with Gasteiger partial charge in [-0.05, 0) is 30.9 Å². The van der Waals surface area contributed by atoms with E-state index in [0.29, 0.717) is 5.92 Å². The van der Waals surface area contributed by atoms with Crippen molar-refractivity contribution in [1.29, 1.82) is 0 Å². The zero-order valence-corrected chi connectivity index (χ0v) is 20.8. The molecule has 0 fully saturated rings. The molecule has 0 saturated carbocycles. The maximum absolute atomic E-state index is 6.16. The van der Waals surface area contributed by atoms with Crippen molar-refractivity contribution in [2.75, 3.05) is 13.2 Å². The summed E-state index contributed by atoms with van der Waals surface area (Å²) in [6.07, 6.45) is 19.2. The monoisotopic (exact) mass is 439 g/mol. The van der Waals surface area contributed by atoms with E-state index in [2.05, 4.69) is 44.0 Å². The largest absolute Gasteiger partial charge is 0.493 e. The van der Waals surface area contributed by atoms with E-state index >= 15 is 0 Å². The molecule has 1 unspecified atom stereocenters. The van der Waals surface area contributed by atoms with Crippen LogP contribution in [0.15, 0.2) is 42.7 Å². The van der Waals surface area contributed by atoms with Crippen LogP contribution < -0.4 is 9.47 Å². The van der Waals surface area contributed by atoms with Gasteiger partial charge in [-0.2, -0.15) is 0 Å². The van der Waals surface area contributed by atoms with Crippen LogP contribution >= 0.6 is 0 Å². The number of hydrogen-bond donors (Lipinski definition) is 0. The fraction of sp³-hybridized carbons (Fsp3) is 0.621. The molecular weight excluding hydrogens is 394 g/mol. The van der Waals surface area contributed by atoms with Crippen molar-refractivity contribution in [3.05, 3.63) is 42.7 Å². The lowest BCUT2D eigenvalue weighted by Gasteiger charge is -2.16. The van der Waals surface area contributed by atoms with Gasteiger partial charge in [-0.1, -0.05) is 103 Å². The summed E-state index contributed by atoms with van der Waals surface area (Å²) in [7, 11) is 0. The molecule has 0 saturated heterocycles. The van der Waals surface area contributed by atoms with Gasteiger partial charge in [0.2, 0.25) is 0 Å². The number of para-hydroxylation sites is 1. The Bertz CT molecular complexity index is 731. The predicted molar refractivity (Wildman–Crippen MR) is 137 cm³/mol. The quantitative estimate of drug-likeness (QED) is 0.217. The molecule has 1 heterocycles. The van der Waals surface area contributed by atoms with E-state index in [4.69, 9.17) is 9.47 Å². The Labute approximate surface area is 197 Å². The predicted octanol–water partition coefficient (Wildman–Crippen LogP) is 8.86. The van der Waals surface area contributed by atoms with Crippen molar-refractivity contribution in [1.82, 2.24) is 4.98 Å². The lowest BCUT2D eigenvalue weighted by molar-refractivity contribution is 0.282. The van der Waals surface area contributed by atoms with Crippen LogP contribution in [0.25, 0.3) is 11.1 Å². The minimum atomic E-state index is 0.683. The average molecular weight is 440 g/mol. The van der Waals surface area contributed by atoms with E-state index in [9.17, 15) is 0 Å². The topological polar surface area (TPSA) is 31.4 Å². The molecule has 32 heavy (non-hydrogen) atoms. The van der Waals surface area contributed by atoms with Gasteiger partial charge in [0.25, 0.3) is 0 Å². The number of unbranched alkanes of at least 4 members (excludes halogenated alkanes) is 9. The number of nitrogens with zero attached hydrogens (tertiary/aromatic N) is 1. The van der Waals surface area contributed by atoms with Crippen molar-refractivity contribution >= 4 is 0 Å². The van der Waals surface area contributed by atoms with Crippen LogP contribution in [-0.4, -0.2) is 18.2 Å². The van der Waals surface area contributed by atoms with E-state index in [0.717, 1.165) is 48.7 Å². The van der Waals surface area contributed by atoms with E-state index in [1.165, 1.54) is 64.2 Å². The Morgan fingerprint density at radius 3 is 2.06 bits per heavy atom. The Morgan fingerprint density at radius 2 is 1.34 bits per heavy atom. The molecule has 1 atom stereocenters. The van der Waals surface area contributed by atoms with Crippen molar-refractivity contribution in [3.8, 4) is 22.6 Å². The van der Waals surface area contributed by atoms with Crippen molar-refractivity contribution < 1.29 is 9.47 Å². The van der Waals surface area contributed by atoms with Gasteiger partial charge in [-0.15, -0.1) is 0 Å². The second kappa shape index (κ2) is 16.6. The average Bonchev–Trinajstić information content (AvgIpc) is 2.83. The van der Waals surface area contributed by atoms with Gasteiger partial charge in [0.05, 0.1) is 19.4 Å². The van der Waals surface area contributed by atoms with Crippen LogP contribution in [0.1, 0.15) is 97.8 Å². The number of benzene rings is 1. The summed E-state index contributed by atoms with van der Waals surface area (Å²) < 4.78 is 12.3. The van der Waals surface area contributed by atoms with Crippen LogP contribution in [0.2, 0.25) is 0 Å². The fourth-order valence-corrected chi connectivity index (χ4v) is 3.88. The maximum Gasteiger partial charge on any atom is 0.145 e. The normalized spacial score (nSPS) is 12.0. The van der Waals surface area contributed by atoms with Gasteiger partial charge < -0.3 is 9.47 Å². The molecular formula is C29H45NO2. The van der Waals surface area contributed by atoms with Gasteiger partial charge in [0.1, 0.15) is 11.5 Å². The summed E-state index contributed by atoms with van der Waals surface area (Å²) in [6, 6.07) is 10.3. The molecule has 3 heteroatoms. The van der Waals surface area contributed by atoms with Crippen molar-refractivity contribution in [3.63, 3.8) is 0 Å². The van der Waals surface area contributed by atoms with Gasteiger partial charge in [-0.25, -0.2) is 0 Å². The molecule has 1 aromatic carbocycles. The van der Waals surface area contributed by atoms with E-state index in [1.54, 1.807) is 0 Å². The summed E-state index contributed by atoms with van der Waals surface area (Å²) in [6.45, 7) is 8.27. The molecule has 0 aliphatic rings. The zero-order valence-electron chi connectivity index (χ0n) is 20.8. The molecule has 0 radical (unpaired) electrons. The van der Waals surface area contributed by atoms with Gasteiger partial charge in [0, 0.05) is 17.3 Å². The number of rotatable bonds is 18. The Hall–Kier alpha value is -2.03. The second-order valence-electron chi connectivity index (χ2n) is 9.05. The fourth-order valence-electron chi connectivity index (χ4n) is 3.88. The molecule has 0 N–H and O–H groups in total. The molecule has 0 bridgehead atoms. The molecule has 2 rings (SSSR count). The third-order valence-electron chi connectivity index (χ3n) is 6.28. The van der Waals surface area contributed by atoms with Crippen LogP contribution in [0.5, 0.6) is 11.5 Å². The molecule has 0 aliphatic carbocycles. The first-order valence-electron chi connectivity index (χ1n) is 13.0. The first kappa shape index (κ1) is 26.2. The first-order valence-corrected chi connectivity index (χ1v) is 13.0. The molecule has 1 aromatic heterocycles. The highest BCUT2D eigenvalue weighted by Crippen LogP contribution is 2.36. The Morgan fingerprint density at radius 1 is 0.719 bits per heavy atom. The third kappa shape index (κ3) is 10.1. The number of hydrogen-bond acceptors (Lipinski definition) is 3. The van der Waals surface area contributed by atoms with Crippen LogP contribution in [-0.2, 0) is 0 Å². The van der Waals surface area contributed by atoms with E-state index < -0.39 is 0 Å². The summed E-state index contributed by atoms with van der Waals surface area (Å²) in [5.74, 6) is 2.45. The highest BCUT2D eigenvalue weighted by atomic mass is 16.5. The lowest BCUT2D eigenvalue weighted by atomic mass is 10.0.